The average molecular weight is 389 g/mol. The molecule has 0 saturated heterocycles. The predicted molar refractivity (Wildman–Crippen MR) is 118 cm³/mol. The molecule has 0 aliphatic carbocycles. The molecule has 0 spiro atoms. The van der Waals surface area contributed by atoms with E-state index in [1.807, 2.05) is 12.1 Å². The first-order chi connectivity index (χ1) is 13.7. The lowest BCUT2D eigenvalue weighted by Crippen LogP contribution is -2.20. The second-order valence-corrected chi connectivity index (χ2v) is 7.79. The van der Waals surface area contributed by atoms with Crippen LogP contribution in [0.1, 0.15) is 24.0 Å². The second kappa shape index (κ2) is 8.55. The lowest BCUT2D eigenvalue weighted by atomic mass is 10.0. The molecule has 0 bridgehead atoms. The van der Waals surface area contributed by atoms with E-state index in [4.69, 9.17) is 9.72 Å². The van der Waals surface area contributed by atoms with Crippen LogP contribution in [0.15, 0.2) is 71.4 Å². The average Bonchev–Trinajstić information content (AvgIpc) is 3.28. The Kier molecular flexibility index (Phi) is 5.70. The Hall–Kier alpha value is -2.69. The summed E-state index contributed by atoms with van der Waals surface area (Å²) < 4.78 is 5.37. The lowest BCUT2D eigenvalue weighted by molar-refractivity contribution is 0.415. The molecule has 4 heteroatoms. The number of methoxy groups -OCH3 is 1. The summed E-state index contributed by atoms with van der Waals surface area (Å²) in [6.45, 7) is 3.97. The van der Waals surface area contributed by atoms with Crippen LogP contribution in [-0.4, -0.2) is 18.6 Å². The van der Waals surface area contributed by atoms with Gasteiger partial charge in [0, 0.05) is 35.5 Å². The van der Waals surface area contributed by atoms with Gasteiger partial charge in [-0.1, -0.05) is 37.3 Å². The van der Waals surface area contributed by atoms with E-state index in [9.17, 15) is 0 Å². The zero-order chi connectivity index (χ0) is 19.3. The SMILES string of the molecule is COc1ccc2cc(CNC[C@@H](C)c3ccccc3)c(-c3ccsc3)nc2c1. The topological polar surface area (TPSA) is 34.1 Å². The molecule has 0 fully saturated rings. The van der Waals surface area contributed by atoms with E-state index < -0.39 is 0 Å². The van der Waals surface area contributed by atoms with Gasteiger partial charge in [0.2, 0.25) is 0 Å². The van der Waals surface area contributed by atoms with Crippen molar-refractivity contribution in [3.8, 4) is 17.0 Å². The third-order valence-electron chi connectivity index (χ3n) is 5.03. The largest absolute Gasteiger partial charge is 0.497 e. The van der Waals surface area contributed by atoms with E-state index >= 15 is 0 Å². The molecule has 1 atom stereocenters. The molecule has 0 radical (unpaired) electrons. The van der Waals surface area contributed by atoms with Gasteiger partial charge in [-0.2, -0.15) is 11.3 Å². The summed E-state index contributed by atoms with van der Waals surface area (Å²) >= 11 is 1.70. The van der Waals surface area contributed by atoms with Crippen LogP contribution in [0.3, 0.4) is 0 Å². The first-order valence-electron chi connectivity index (χ1n) is 9.50. The fraction of sp³-hybridized carbons (Fsp3) is 0.208. The van der Waals surface area contributed by atoms with Crippen LogP contribution in [0.4, 0.5) is 0 Å². The van der Waals surface area contributed by atoms with Crippen LogP contribution >= 0.6 is 11.3 Å². The number of fused-ring (bicyclic) bond motifs is 1. The van der Waals surface area contributed by atoms with Crippen LogP contribution in [0, 0.1) is 0 Å². The van der Waals surface area contributed by atoms with Gasteiger partial charge < -0.3 is 10.1 Å². The summed E-state index contributed by atoms with van der Waals surface area (Å²) in [5.41, 5.74) is 5.75. The minimum atomic E-state index is 0.462. The van der Waals surface area contributed by atoms with Crippen molar-refractivity contribution < 1.29 is 4.74 Å². The molecule has 0 aliphatic heterocycles. The van der Waals surface area contributed by atoms with E-state index in [0.29, 0.717) is 5.92 Å². The summed E-state index contributed by atoms with van der Waals surface area (Å²) in [6, 6.07) is 21.1. The first-order valence-corrected chi connectivity index (χ1v) is 10.4. The normalized spacial score (nSPS) is 12.2. The molecule has 142 valence electrons. The van der Waals surface area contributed by atoms with Gasteiger partial charge in [-0.3, -0.25) is 0 Å². The van der Waals surface area contributed by atoms with E-state index in [1.54, 1.807) is 18.4 Å². The van der Waals surface area contributed by atoms with Gasteiger partial charge in [0.1, 0.15) is 5.75 Å². The summed E-state index contributed by atoms with van der Waals surface area (Å²) in [6.07, 6.45) is 0. The van der Waals surface area contributed by atoms with Gasteiger partial charge in [0.05, 0.1) is 18.3 Å². The maximum atomic E-state index is 5.37. The zero-order valence-corrected chi connectivity index (χ0v) is 17.0. The molecule has 28 heavy (non-hydrogen) atoms. The van der Waals surface area contributed by atoms with Crippen molar-refractivity contribution >= 4 is 22.2 Å². The summed E-state index contributed by atoms with van der Waals surface area (Å²) in [5, 5.41) is 9.02. The van der Waals surface area contributed by atoms with E-state index in [1.165, 1.54) is 16.7 Å². The Morgan fingerprint density at radius 1 is 1.07 bits per heavy atom. The summed E-state index contributed by atoms with van der Waals surface area (Å²) in [7, 11) is 1.69. The van der Waals surface area contributed by atoms with Gasteiger partial charge >= 0.3 is 0 Å². The number of benzene rings is 2. The molecule has 0 saturated carbocycles. The number of rotatable bonds is 7. The van der Waals surface area contributed by atoms with Crippen molar-refractivity contribution in [1.82, 2.24) is 10.3 Å². The Balaban J connectivity index is 1.59. The number of ether oxygens (including phenoxy) is 1. The number of hydrogen-bond donors (Lipinski definition) is 1. The number of hydrogen-bond acceptors (Lipinski definition) is 4. The van der Waals surface area contributed by atoms with Gasteiger partial charge in [0.15, 0.2) is 0 Å². The van der Waals surface area contributed by atoms with Crippen LogP contribution in [0.25, 0.3) is 22.2 Å². The highest BCUT2D eigenvalue weighted by atomic mass is 32.1. The minimum absolute atomic E-state index is 0.462. The maximum absolute atomic E-state index is 5.37. The van der Waals surface area contributed by atoms with Crippen LogP contribution in [-0.2, 0) is 6.54 Å². The molecule has 1 N–H and O–H groups in total. The van der Waals surface area contributed by atoms with Crippen molar-refractivity contribution in [3.63, 3.8) is 0 Å². The highest BCUT2D eigenvalue weighted by Gasteiger charge is 2.12. The van der Waals surface area contributed by atoms with Crippen molar-refractivity contribution in [2.75, 3.05) is 13.7 Å². The standard InChI is InChI=1S/C24H24N2OS/c1-17(18-6-4-3-5-7-18)14-25-15-21-12-19-8-9-22(27-2)13-23(19)26-24(21)20-10-11-28-16-20/h3-13,16-17,25H,14-15H2,1-2H3/t17-/m1/s1. The Labute approximate surface area is 170 Å². The van der Waals surface area contributed by atoms with Gasteiger partial charge in [0.25, 0.3) is 0 Å². The number of aromatic nitrogens is 1. The molecule has 0 amide bonds. The molecule has 4 aromatic rings. The van der Waals surface area contributed by atoms with Crippen LogP contribution < -0.4 is 10.1 Å². The third-order valence-corrected chi connectivity index (χ3v) is 5.72. The number of thiophene rings is 1. The molecule has 0 aliphatic rings. The first kappa shape index (κ1) is 18.7. The van der Waals surface area contributed by atoms with E-state index in [2.05, 4.69) is 71.5 Å². The fourth-order valence-corrected chi connectivity index (χ4v) is 4.06. The Morgan fingerprint density at radius 2 is 1.93 bits per heavy atom. The molecular formula is C24H24N2OS. The highest BCUT2D eigenvalue weighted by molar-refractivity contribution is 7.08. The Morgan fingerprint density at radius 3 is 2.68 bits per heavy atom. The lowest BCUT2D eigenvalue weighted by Gasteiger charge is -2.15. The maximum Gasteiger partial charge on any atom is 0.121 e. The monoisotopic (exact) mass is 388 g/mol. The second-order valence-electron chi connectivity index (χ2n) is 7.01. The molecule has 0 unspecified atom stereocenters. The minimum Gasteiger partial charge on any atom is -0.497 e. The molecule has 4 rings (SSSR count). The van der Waals surface area contributed by atoms with E-state index in [-0.39, 0.29) is 0 Å². The van der Waals surface area contributed by atoms with Crippen LogP contribution in [0.5, 0.6) is 5.75 Å². The third kappa shape index (κ3) is 4.08. The van der Waals surface area contributed by atoms with Gasteiger partial charge in [-0.05, 0) is 46.7 Å². The summed E-state index contributed by atoms with van der Waals surface area (Å²) in [5.74, 6) is 1.29. The van der Waals surface area contributed by atoms with Crippen molar-refractivity contribution in [2.24, 2.45) is 0 Å². The number of pyridine rings is 1. The smallest absolute Gasteiger partial charge is 0.121 e. The highest BCUT2D eigenvalue weighted by Crippen LogP contribution is 2.29. The quantitative estimate of drug-likeness (QED) is 0.430. The number of nitrogens with zero attached hydrogens (tertiary/aromatic N) is 1. The molecule has 2 aromatic heterocycles. The zero-order valence-electron chi connectivity index (χ0n) is 16.2. The van der Waals surface area contributed by atoms with Crippen molar-refractivity contribution in [3.05, 3.63) is 82.6 Å². The molecule has 2 aromatic carbocycles. The fourth-order valence-electron chi connectivity index (χ4n) is 3.42. The Bertz CT molecular complexity index is 1050. The van der Waals surface area contributed by atoms with Gasteiger partial charge in [-0.25, -0.2) is 4.98 Å². The van der Waals surface area contributed by atoms with Crippen molar-refractivity contribution in [1.29, 1.82) is 0 Å². The van der Waals surface area contributed by atoms with Crippen LogP contribution in [0.2, 0.25) is 0 Å². The molecule has 3 nitrogen and oxygen atoms in total. The number of nitrogens with one attached hydrogen (secondary N) is 1. The van der Waals surface area contributed by atoms with E-state index in [0.717, 1.165) is 35.4 Å². The molecule has 2 heterocycles. The summed E-state index contributed by atoms with van der Waals surface area (Å²) in [4.78, 5) is 4.97. The predicted octanol–water partition coefficient (Wildman–Crippen LogP) is 5.87. The molecular weight excluding hydrogens is 364 g/mol. The van der Waals surface area contributed by atoms with Crippen molar-refractivity contribution in [2.45, 2.75) is 19.4 Å². The van der Waals surface area contributed by atoms with Gasteiger partial charge in [-0.15, -0.1) is 0 Å².